The maximum atomic E-state index is 12.7. The van der Waals surface area contributed by atoms with Gasteiger partial charge >= 0.3 is 12.1 Å². The number of allylic oxidation sites excluding steroid dienone is 3. The van der Waals surface area contributed by atoms with Gasteiger partial charge < -0.3 is 14.5 Å². The summed E-state index contributed by atoms with van der Waals surface area (Å²) in [6.07, 6.45) is 2.34. The molecular formula is C18H19ClF3N3O3. The lowest BCUT2D eigenvalue weighted by molar-refractivity contribution is -0.148. The summed E-state index contributed by atoms with van der Waals surface area (Å²) >= 11 is 5.95. The van der Waals surface area contributed by atoms with Crippen molar-refractivity contribution in [3.8, 4) is 0 Å². The number of hydrogen-bond donors (Lipinski definition) is 0. The normalized spacial score (nSPS) is 15.5. The molecule has 0 bridgehead atoms. The number of ether oxygens (including phenoxy) is 1. The minimum Gasteiger partial charge on any atom is -0.452 e. The van der Waals surface area contributed by atoms with Gasteiger partial charge in [-0.15, -0.1) is 0 Å². The molecule has 1 amide bonds. The lowest BCUT2D eigenvalue weighted by atomic mass is 10.2. The highest BCUT2D eigenvalue weighted by Crippen LogP contribution is 2.33. The summed E-state index contributed by atoms with van der Waals surface area (Å²) in [6, 6.07) is 0.835. The zero-order valence-electron chi connectivity index (χ0n) is 15.1. The van der Waals surface area contributed by atoms with E-state index in [1.54, 1.807) is 24.0 Å². The van der Waals surface area contributed by atoms with Crippen molar-refractivity contribution in [2.45, 2.75) is 13.1 Å². The number of piperazine rings is 1. The first-order valence-corrected chi connectivity index (χ1v) is 8.81. The molecule has 152 valence electrons. The van der Waals surface area contributed by atoms with E-state index in [2.05, 4.69) is 4.98 Å². The molecule has 0 radical (unpaired) electrons. The number of aromatic nitrogens is 1. The Kier molecular flexibility index (Phi) is 7.45. The number of carbonyl (C=O) groups is 2. The van der Waals surface area contributed by atoms with Crippen molar-refractivity contribution in [2.24, 2.45) is 0 Å². The minimum atomic E-state index is -4.51. The Morgan fingerprint density at radius 3 is 2.50 bits per heavy atom. The molecule has 1 aliphatic heterocycles. The van der Waals surface area contributed by atoms with Crippen LogP contribution in [0.25, 0.3) is 0 Å². The molecule has 0 N–H and O–H groups in total. The van der Waals surface area contributed by atoms with Gasteiger partial charge in [0, 0.05) is 38.5 Å². The standard InChI is InChI=1S/C18H19ClF3N3O3/c1-2-3-4-5-16(27)28-12-15(26)24-6-8-25(9-7-24)17-14(19)10-13(11-23-17)18(20,21)22/h2-5,10-11H,6-9,12H2,1H3/b3-2+,5-4+. The van der Waals surface area contributed by atoms with Crippen molar-refractivity contribution in [1.82, 2.24) is 9.88 Å². The average molecular weight is 418 g/mol. The highest BCUT2D eigenvalue weighted by molar-refractivity contribution is 6.33. The molecule has 0 aliphatic carbocycles. The predicted octanol–water partition coefficient (Wildman–Crippen LogP) is 3.08. The van der Waals surface area contributed by atoms with Gasteiger partial charge in [-0.2, -0.15) is 13.2 Å². The van der Waals surface area contributed by atoms with Crippen molar-refractivity contribution in [1.29, 1.82) is 0 Å². The van der Waals surface area contributed by atoms with Crippen molar-refractivity contribution in [3.05, 3.63) is 47.2 Å². The fourth-order valence-corrected chi connectivity index (χ4v) is 2.79. The Hall–Kier alpha value is -2.55. The van der Waals surface area contributed by atoms with Gasteiger partial charge in [-0.25, -0.2) is 9.78 Å². The van der Waals surface area contributed by atoms with Crippen LogP contribution in [0.1, 0.15) is 12.5 Å². The molecule has 2 rings (SSSR count). The van der Waals surface area contributed by atoms with Crippen LogP contribution in [-0.2, 0) is 20.5 Å². The number of carbonyl (C=O) groups excluding carboxylic acids is 2. The molecule has 1 aliphatic rings. The third-order valence-corrected chi connectivity index (χ3v) is 4.23. The van der Waals surface area contributed by atoms with E-state index in [1.165, 1.54) is 17.1 Å². The van der Waals surface area contributed by atoms with Gasteiger partial charge in [0.1, 0.15) is 5.82 Å². The van der Waals surface area contributed by atoms with Crippen LogP contribution in [0, 0.1) is 0 Å². The highest BCUT2D eigenvalue weighted by atomic mass is 35.5. The van der Waals surface area contributed by atoms with Gasteiger partial charge in [0.05, 0.1) is 10.6 Å². The zero-order valence-corrected chi connectivity index (χ0v) is 15.8. The first-order chi connectivity index (χ1) is 13.2. The molecule has 0 atom stereocenters. The molecule has 1 fully saturated rings. The second kappa shape index (κ2) is 9.59. The number of alkyl halides is 3. The molecule has 1 aromatic rings. The number of halogens is 4. The quantitative estimate of drug-likeness (QED) is 0.418. The third-order valence-electron chi connectivity index (χ3n) is 3.95. The van der Waals surface area contributed by atoms with Gasteiger partial charge in [0.2, 0.25) is 0 Å². The smallest absolute Gasteiger partial charge is 0.417 e. The maximum Gasteiger partial charge on any atom is 0.417 e. The summed E-state index contributed by atoms with van der Waals surface area (Å²) in [5.74, 6) is -0.730. The SMILES string of the molecule is C/C=C/C=C/C(=O)OCC(=O)N1CCN(c2ncc(C(F)(F)F)cc2Cl)CC1. The summed E-state index contributed by atoms with van der Waals surface area (Å²) in [7, 11) is 0. The molecular weight excluding hydrogens is 399 g/mol. The minimum absolute atomic E-state index is 0.101. The Bertz CT molecular complexity index is 773. The highest BCUT2D eigenvalue weighted by Gasteiger charge is 2.32. The number of rotatable bonds is 5. The van der Waals surface area contributed by atoms with E-state index in [-0.39, 0.29) is 23.4 Å². The lowest BCUT2D eigenvalue weighted by Gasteiger charge is -2.35. The summed E-state index contributed by atoms with van der Waals surface area (Å²) < 4.78 is 43.0. The van der Waals surface area contributed by atoms with Crippen molar-refractivity contribution in [3.63, 3.8) is 0 Å². The first-order valence-electron chi connectivity index (χ1n) is 8.44. The van der Waals surface area contributed by atoms with Gasteiger partial charge in [-0.05, 0) is 13.0 Å². The Morgan fingerprint density at radius 2 is 1.93 bits per heavy atom. The van der Waals surface area contributed by atoms with E-state index < -0.39 is 17.7 Å². The molecule has 0 saturated carbocycles. The third kappa shape index (κ3) is 5.98. The van der Waals surface area contributed by atoms with Crippen molar-refractivity contribution in [2.75, 3.05) is 37.7 Å². The van der Waals surface area contributed by atoms with Crippen LogP contribution >= 0.6 is 11.6 Å². The predicted molar refractivity (Wildman–Crippen MR) is 98.0 cm³/mol. The van der Waals surface area contributed by atoms with Gasteiger partial charge in [-0.1, -0.05) is 29.8 Å². The second-order valence-electron chi connectivity index (χ2n) is 5.89. The number of pyridine rings is 1. The molecule has 28 heavy (non-hydrogen) atoms. The number of nitrogens with zero attached hydrogens (tertiary/aromatic N) is 3. The Labute approximate surface area is 165 Å². The van der Waals surface area contributed by atoms with Crippen LogP contribution in [-0.4, -0.2) is 54.5 Å². The Balaban J connectivity index is 1.87. The Morgan fingerprint density at radius 1 is 1.25 bits per heavy atom. The van der Waals surface area contributed by atoms with Gasteiger partial charge in [-0.3, -0.25) is 4.79 Å². The summed E-state index contributed by atoms with van der Waals surface area (Å²) in [5, 5.41) is -0.101. The monoisotopic (exact) mass is 417 g/mol. The molecule has 1 aromatic heterocycles. The molecule has 0 spiro atoms. The largest absolute Gasteiger partial charge is 0.452 e. The van der Waals surface area contributed by atoms with Crippen LogP contribution in [0.2, 0.25) is 5.02 Å². The molecule has 1 saturated heterocycles. The van der Waals surface area contributed by atoms with E-state index in [1.807, 2.05) is 0 Å². The molecule has 2 heterocycles. The molecule has 10 heteroatoms. The zero-order chi connectivity index (χ0) is 20.7. The van der Waals surface area contributed by atoms with Gasteiger partial charge in [0.25, 0.3) is 5.91 Å². The van der Waals surface area contributed by atoms with E-state index in [4.69, 9.17) is 16.3 Å². The number of amides is 1. The van der Waals surface area contributed by atoms with Gasteiger partial charge in [0.15, 0.2) is 6.61 Å². The van der Waals surface area contributed by atoms with Crippen molar-refractivity contribution < 1.29 is 27.5 Å². The van der Waals surface area contributed by atoms with E-state index >= 15 is 0 Å². The summed E-state index contributed by atoms with van der Waals surface area (Å²) in [6.45, 7) is 2.73. The molecule has 0 unspecified atom stereocenters. The van der Waals surface area contributed by atoms with E-state index in [9.17, 15) is 22.8 Å². The average Bonchev–Trinajstić information content (AvgIpc) is 2.65. The van der Waals surface area contributed by atoms with E-state index in [0.717, 1.165) is 12.3 Å². The summed E-state index contributed by atoms with van der Waals surface area (Å²) in [4.78, 5) is 30.6. The number of anilines is 1. The van der Waals surface area contributed by atoms with Crippen LogP contribution in [0.15, 0.2) is 36.6 Å². The van der Waals surface area contributed by atoms with Crippen molar-refractivity contribution >= 4 is 29.3 Å². The number of hydrogen-bond acceptors (Lipinski definition) is 5. The fourth-order valence-electron chi connectivity index (χ4n) is 2.50. The van der Waals surface area contributed by atoms with Crippen LogP contribution in [0.5, 0.6) is 0 Å². The molecule has 0 aromatic carbocycles. The van der Waals surface area contributed by atoms with Crippen LogP contribution in [0.3, 0.4) is 0 Å². The van der Waals surface area contributed by atoms with Crippen LogP contribution < -0.4 is 4.90 Å². The second-order valence-corrected chi connectivity index (χ2v) is 6.29. The van der Waals surface area contributed by atoms with Crippen LogP contribution in [0.4, 0.5) is 19.0 Å². The molecule has 6 nitrogen and oxygen atoms in total. The van der Waals surface area contributed by atoms with E-state index in [0.29, 0.717) is 26.2 Å². The first kappa shape index (κ1) is 21.7. The topological polar surface area (TPSA) is 62.7 Å². The maximum absolute atomic E-state index is 12.7. The fraction of sp³-hybridized carbons (Fsp3) is 0.389. The summed E-state index contributed by atoms with van der Waals surface area (Å²) in [5.41, 5.74) is -0.916. The lowest BCUT2D eigenvalue weighted by Crippen LogP contribution is -2.50. The number of esters is 1.